The molecule has 0 aromatic carbocycles. The first-order chi connectivity index (χ1) is 7.52. The predicted molar refractivity (Wildman–Crippen MR) is 63.5 cm³/mol. The van der Waals surface area contributed by atoms with E-state index in [1.54, 1.807) is 6.92 Å². The molecule has 0 radical (unpaired) electrons. The first-order valence-electron chi connectivity index (χ1n) is 5.13. The number of aryl methyl sites for hydroxylation is 1. The number of nitrogens with zero attached hydrogens (tertiary/aromatic N) is 1. The van der Waals surface area contributed by atoms with E-state index >= 15 is 0 Å². The molecule has 0 aliphatic heterocycles. The maximum atomic E-state index is 11.4. The highest BCUT2D eigenvalue weighted by molar-refractivity contribution is 7.09. The number of amides is 2. The fourth-order valence-corrected chi connectivity index (χ4v) is 1.94. The second-order valence-electron chi connectivity index (χ2n) is 3.75. The van der Waals surface area contributed by atoms with E-state index in [0.29, 0.717) is 0 Å². The Kier molecular flexibility index (Phi) is 4.70. The van der Waals surface area contributed by atoms with E-state index in [1.807, 2.05) is 19.2 Å². The summed E-state index contributed by atoms with van der Waals surface area (Å²) in [5, 5.41) is 17.0. The highest BCUT2D eigenvalue weighted by atomic mass is 32.1. The number of thiazole rings is 1. The Morgan fingerprint density at radius 3 is 2.75 bits per heavy atom. The van der Waals surface area contributed by atoms with Crippen molar-refractivity contribution in [1.29, 1.82) is 0 Å². The van der Waals surface area contributed by atoms with Crippen LogP contribution in [0.3, 0.4) is 0 Å². The molecule has 0 aliphatic rings. The zero-order chi connectivity index (χ0) is 12.1. The van der Waals surface area contributed by atoms with Crippen LogP contribution in [-0.4, -0.2) is 28.8 Å². The number of rotatable bonds is 4. The third-order valence-corrected chi connectivity index (χ3v) is 3.15. The molecule has 16 heavy (non-hydrogen) atoms. The van der Waals surface area contributed by atoms with E-state index in [1.165, 1.54) is 11.3 Å². The van der Waals surface area contributed by atoms with Crippen LogP contribution in [0.15, 0.2) is 5.38 Å². The fraction of sp³-hybridized carbons (Fsp3) is 0.600. The van der Waals surface area contributed by atoms with Crippen LogP contribution in [0, 0.1) is 6.92 Å². The number of hydrogen-bond acceptors (Lipinski definition) is 4. The van der Waals surface area contributed by atoms with E-state index in [0.717, 1.165) is 10.7 Å². The Morgan fingerprint density at radius 1 is 1.56 bits per heavy atom. The molecule has 90 valence electrons. The minimum Gasteiger partial charge on any atom is -0.394 e. The van der Waals surface area contributed by atoms with Crippen LogP contribution in [0.2, 0.25) is 0 Å². The molecule has 0 saturated carbocycles. The molecule has 6 heteroatoms. The highest BCUT2D eigenvalue weighted by Gasteiger charge is 2.13. The average Bonchev–Trinajstić information content (AvgIpc) is 2.64. The summed E-state index contributed by atoms with van der Waals surface area (Å²) >= 11 is 1.52. The summed E-state index contributed by atoms with van der Waals surface area (Å²) < 4.78 is 0. The van der Waals surface area contributed by atoms with Crippen molar-refractivity contribution in [3.63, 3.8) is 0 Å². The quantitative estimate of drug-likeness (QED) is 0.743. The van der Waals surface area contributed by atoms with E-state index in [-0.39, 0.29) is 24.7 Å². The molecule has 1 heterocycles. The van der Waals surface area contributed by atoms with Gasteiger partial charge >= 0.3 is 6.03 Å². The molecule has 0 fully saturated rings. The van der Waals surface area contributed by atoms with Gasteiger partial charge in [0.1, 0.15) is 5.01 Å². The Labute approximate surface area is 98.9 Å². The lowest BCUT2D eigenvalue weighted by molar-refractivity contribution is 0.218. The number of aliphatic hydroxyl groups excluding tert-OH is 1. The van der Waals surface area contributed by atoms with Crippen molar-refractivity contribution in [1.82, 2.24) is 15.6 Å². The molecule has 5 nitrogen and oxygen atoms in total. The van der Waals surface area contributed by atoms with E-state index in [9.17, 15) is 4.79 Å². The lowest BCUT2D eigenvalue weighted by Gasteiger charge is -2.15. The molecule has 0 saturated heterocycles. The summed E-state index contributed by atoms with van der Waals surface area (Å²) in [5.74, 6) is 0. The SMILES string of the molecule is Cc1csc(C(C)NC(=O)NC(C)CO)n1. The van der Waals surface area contributed by atoms with E-state index < -0.39 is 0 Å². The summed E-state index contributed by atoms with van der Waals surface area (Å²) in [6.07, 6.45) is 0. The third kappa shape index (κ3) is 3.79. The Balaban J connectivity index is 2.45. The van der Waals surface area contributed by atoms with Crippen molar-refractivity contribution in [3.8, 4) is 0 Å². The second kappa shape index (κ2) is 5.81. The molecule has 1 aromatic rings. The van der Waals surface area contributed by atoms with Gasteiger partial charge in [-0.05, 0) is 20.8 Å². The third-order valence-electron chi connectivity index (χ3n) is 2.01. The lowest BCUT2D eigenvalue weighted by atomic mass is 10.3. The van der Waals surface area contributed by atoms with E-state index in [4.69, 9.17) is 5.11 Å². The summed E-state index contributed by atoms with van der Waals surface area (Å²) in [5.41, 5.74) is 0.956. The molecule has 1 aromatic heterocycles. The maximum Gasteiger partial charge on any atom is 0.315 e. The summed E-state index contributed by atoms with van der Waals surface area (Å²) in [4.78, 5) is 15.7. The standard InChI is InChI=1S/C10H17N3O2S/c1-6(4-14)12-10(15)13-8(3)9-11-7(2)5-16-9/h5-6,8,14H,4H2,1-3H3,(H2,12,13,15). The molecule has 2 amide bonds. The van der Waals surface area contributed by atoms with Crippen LogP contribution in [0.4, 0.5) is 4.79 Å². The van der Waals surface area contributed by atoms with Gasteiger partial charge in [-0.3, -0.25) is 0 Å². The second-order valence-corrected chi connectivity index (χ2v) is 4.64. The Hall–Kier alpha value is -1.14. The lowest BCUT2D eigenvalue weighted by Crippen LogP contribution is -2.43. The van der Waals surface area contributed by atoms with Gasteiger partial charge in [0.25, 0.3) is 0 Å². The topological polar surface area (TPSA) is 74.2 Å². The van der Waals surface area contributed by atoms with Crippen molar-refractivity contribution < 1.29 is 9.90 Å². The van der Waals surface area contributed by atoms with Crippen molar-refractivity contribution in [2.75, 3.05) is 6.61 Å². The van der Waals surface area contributed by atoms with Gasteiger partial charge in [0.2, 0.25) is 0 Å². The van der Waals surface area contributed by atoms with Crippen LogP contribution >= 0.6 is 11.3 Å². The zero-order valence-electron chi connectivity index (χ0n) is 9.65. The number of aromatic nitrogens is 1. The first kappa shape index (κ1) is 12.9. The van der Waals surface area contributed by atoms with Crippen molar-refractivity contribution >= 4 is 17.4 Å². The molecule has 0 aliphatic carbocycles. The van der Waals surface area contributed by atoms with Gasteiger partial charge in [-0.2, -0.15) is 0 Å². The molecule has 1 rings (SSSR count). The minimum atomic E-state index is -0.290. The smallest absolute Gasteiger partial charge is 0.315 e. The highest BCUT2D eigenvalue weighted by Crippen LogP contribution is 2.16. The Morgan fingerprint density at radius 2 is 2.25 bits per heavy atom. The number of carbonyl (C=O) groups is 1. The normalized spacial score (nSPS) is 14.2. The fourth-order valence-electron chi connectivity index (χ4n) is 1.14. The predicted octanol–water partition coefficient (Wildman–Crippen LogP) is 1.19. The van der Waals surface area contributed by atoms with Crippen LogP contribution in [-0.2, 0) is 0 Å². The van der Waals surface area contributed by atoms with Crippen LogP contribution in [0.25, 0.3) is 0 Å². The van der Waals surface area contributed by atoms with Gasteiger partial charge in [0, 0.05) is 11.1 Å². The van der Waals surface area contributed by atoms with Crippen molar-refractivity contribution in [3.05, 3.63) is 16.1 Å². The number of aliphatic hydroxyl groups is 1. The van der Waals surface area contributed by atoms with Crippen LogP contribution < -0.4 is 10.6 Å². The van der Waals surface area contributed by atoms with Gasteiger partial charge in [-0.15, -0.1) is 11.3 Å². The maximum absolute atomic E-state index is 11.4. The van der Waals surface area contributed by atoms with Gasteiger partial charge in [0.05, 0.1) is 18.7 Å². The van der Waals surface area contributed by atoms with Gasteiger partial charge in [-0.25, -0.2) is 9.78 Å². The first-order valence-corrected chi connectivity index (χ1v) is 6.00. The molecule has 3 N–H and O–H groups in total. The molecule has 0 spiro atoms. The number of carbonyl (C=O) groups excluding carboxylic acids is 1. The Bertz CT molecular complexity index is 354. The van der Waals surface area contributed by atoms with Crippen LogP contribution in [0.1, 0.15) is 30.6 Å². The summed E-state index contributed by atoms with van der Waals surface area (Å²) in [6.45, 7) is 5.46. The number of nitrogens with one attached hydrogen (secondary N) is 2. The molecule has 2 atom stereocenters. The van der Waals surface area contributed by atoms with Gasteiger partial charge < -0.3 is 15.7 Å². The number of hydrogen-bond donors (Lipinski definition) is 3. The van der Waals surface area contributed by atoms with Crippen molar-refractivity contribution in [2.24, 2.45) is 0 Å². The van der Waals surface area contributed by atoms with Crippen molar-refractivity contribution in [2.45, 2.75) is 32.9 Å². The molecule has 2 unspecified atom stereocenters. The number of urea groups is 1. The minimum absolute atomic E-state index is 0.0713. The van der Waals surface area contributed by atoms with Crippen LogP contribution in [0.5, 0.6) is 0 Å². The molecular weight excluding hydrogens is 226 g/mol. The monoisotopic (exact) mass is 243 g/mol. The molecule has 0 bridgehead atoms. The molecular formula is C10H17N3O2S. The van der Waals surface area contributed by atoms with Gasteiger partial charge in [-0.1, -0.05) is 0 Å². The largest absolute Gasteiger partial charge is 0.394 e. The summed E-state index contributed by atoms with van der Waals surface area (Å²) in [6, 6.07) is -0.656. The average molecular weight is 243 g/mol. The summed E-state index contributed by atoms with van der Waals surface area (Å²) in [7, 11) is 0. The zero-order valence-corrected chi connectivity index (χ0v) is 10.5. The van der Waals surface area contributed by atoms with Gasteiger partial charge in [0.15, 0.2) is 0 Å². The van der Waals surface area contributed by atoms with E-state index in [2.05, 4.69) is 15.6 Å².